The molecule has 5 heteroatoms. The number of halogens is 2. The van der Waals surface area contributed by atoms with Crippen molar-refractivity contribution >= 4 is 21.8 Å². The van der Waals surface area contributed by atoms with Crippen LogP contribution in [0.15, 0.2) is 22.7 Å². The zero-order valence-corrected chi connectivity index (χ0v) is 12.0. The number of amides is 1. The molecule has 0 spiro atoms. The second-order valence-corrected chi connectivity index (χ2v) is 5.80. The summed E-state index contributed by atoms with van der Waals surface area (Å²) >= 11 is 3.29. The van der Waals surface area contributed by atoms with Gasteiger partial charge in [0.25, 0.3) is 5.91 Å². The normalized spacial score (nSPS) is 18.8. The third-order valence-electron chi connectivity index (χ3n) is 3.05. The van der Waals surface area contributed by atoms with Gasteiger partial charge < -0.3 is 9.64 Å². The SMILES string of the molecule is CC1(C)COCCN1C(=O)c1cc(F)ccc1Br. The molecule has 2 rings (SSSR count). The van der Waals surface area contributed by atoms with Gasteiger partial charge in [-0.2, -0.15) is 0 Å². The lowest BCUT2D eigenvalue weighted by molar-refractivity contribution is -0.0371. The van der Waals surface area contributed by atoms with Gasteiger partial charge in [-0.3, -0.25) is 4.79 Å². The molecule has 0 aliphatic carbocycles. The number of rotatable bonds is 1. The van der Waals surface area contributed by atoms with Gasteiger partial charge in [0.2, 0.25) is 0 Å². The zero-order valence-electron chi connectivity index (χ0n) is 10.4. The van der Waals surface area contributed by atoms with Gasteiger partial charge in [0, 0.05) is 11.0 Å². The van der Waals surface area contributed by atoms with E-state index >= 15 is 0 Å². The molecule has 1 aromatic rings. The monoisotopic (exact) mass is 315 g/mol. The van der Waals surface area contributed by atoms with Gasteiger partial charge in [-0.05, 0) is 48.0 Å². The Morgan fingerprint density at radius 2 is 2.22 bits per heavy atom. The van der Waals surface area contributed by atoms with Crippen molar-refractivity contribution in [1.82, 2.24) is 4.90 Å². The number of nitrogens with zero attached hydrogens (tertiary/aromatic N) is 1. The number of carbonyl (C=O) groups excluding carboxylic acids is 1. The van der Waals surface area contributed by atoms with Gasteiger partial charge in [-0.25, -0.2) is 4.39 Å². The summed E-state index contributed by atoms with van der Waals surface area (Å²) in [4.78, 5) is 14.2. The number of ether oxygens (including phenoxy) is 1. The molecule has 0 aromatic heterocycles. The second-order valence-electron chi connectivity index (χ2n) is 4.95. The maximum absolute atomic E-state index is 13.3. The van der Waals surface area contributed by atoms with Crippen LogP contribution in [0.1, 0.15) is 24.2 Å². The highest BCUT2D eigenvalue weighted by Crippen LogP contribution is 2.25. The van der Waals surface area contributed by atoms with Crippen molar-refractivity contribution < 1.29 is 13.9 Å². The Kier molecular flexibility index (Phi) is 3.73. The maximum atomic E-state index is 13.3. The third kappa shape index (κ3) is 2.57. The lowest BCUT2D eigenvalue weighted by atomic mass is 10.0. The Morgan fingerprint density at radius 1 is 1.50 bits per heavy atom. The molecule has 1 saturated heterocycles. The molecule has 3 nitrogen and oxygen atoms in total. The van der Waals surface area contributed by atoms with Gasteiger partial charge >= 0.3 is 0 Å². The van der Waals surface area contributed by atoms with Crippen LogP contribution in [0.2, 0.25) is 0 Å². The average molecular weight is 316 g/mol. The number of benzene rings is 1. The highest BCUT2D eigenvalue weighted by molar-refractivity contribution is 9.10. The van der Waals surface area contributed by atoms with Gasteiger partial charge in [0.1, 0.15) is 5.82 Å². The molecule has 0 unspecified atom stereocenters. The minimum atomic E-state index is -0.410. The number of carbonyl (C=O) groups is 1. The Hall–Kier alpha value is -0.940. The molecule has 0 radical (unpaired) electrons. The predicted octanol–water partition coefficient (Wildman–Crippen LogP) is 2.84. The number of hydrogen-bond donors (Lipinski definition) is 0. The van der Waals surface area contributed by atoms with E-state index in [2.05, 4.69) is 15.9 Å². The van der Waals surface area contributed by atoms with Crippen LogP contribution in [-0.4, -0.2) is 36.1 Å². The standard InChI is InChI=1S/C13H15BrFNO2/c1-13(2)8-18-6-5-16(13)12(17)10-7-9(15)3-4-11(10)14/h3-4,7H,5-6,8H2,1-2H3. The van der Waals surface area contributed by atoms with Crippen LogP contribution in [0.3, 0.4) is 0 Å². The van der Waals surface area contributed by atoms with Gasteiger partial charge in [0.15, 0.2) is 0 Å². The lowest BCUT2D eigenvalue weighted by Crippen LogP contribution is -2.55. The molecule has 1 heterocycles. The number of hydrogen-bond acceptors (Lipinski definition) is 2. The van der Waals surface area contributed by atoms with E-state index in [1.165, 1.54) is 12.1 Å². The van der Waals surface area contributed by atoms with E-state index < -0.39 is 5.82 Å². The van der Waals surface area contributed by atoms with E-state index in [1.54, 1.807) is 11.0 Å². The van der Waals surface area contributed by atoms with Crippen molar-refractivity contribution in [3.63, 3.8) is 0 Å². The largest absolute Gasteiger partial charge is 0.377 e. The summed E-state index contributed by atoms with van der Waals surface area (Å²) in [7, 11) is 0. The van der Waals surface area contributed by atoms with Crippen molar-refractivity contribution in [2.45, 2.75) is 19.4 Å². The van der Waals surface area contributed by atoms with E-state index in [4.69, 9.17) is 4.74 Å². The first-order chi connectivity index (χ1) is 8.42. The molecular weight excluding hydrogens is 301 g/mol. The summed E-state index contributed by atoms with van der Waals surface area (Å²) in [5.74, 6) is -0.581. The van der Waals surface area contributed by atoms with Crippen LogP contribution in [0.4, 0.5) is 4.39 Å². The molecule has 1 amide bonds. The molecule has 1 aliphatic heterocycles. The van der Waals surface area contributed by atoms with Crippen LogP contribution < -0.4 is 0 Å². The Morgan fingerprint density at radius 3 is 2.89 bits per heavy atom. The summed E-state index contributed by atoms with van der Waals surface area (Å²) in [5, 5.41) is 0. The van der Waals surface area contributed by atoms with Crippen LogP contribution >= 0.6 is 15.9 Å². The highest BCUT2D eigenvalue weighted by atomic mass is 79.9. The minimum Gasteiger partial charge on any atom is -0.377 e. The van der Waals surface area contributed by atoms with Crippen molar-refractivity contribution in [3.05, 3.63) is 34.1 Å². The fraction of sp³-hybridized carbons (Fsp3) is 0.462. The average Bonchev–Trinajstić information content (AvgIpc) is 2.31. The Bertz CT molecular complexity index is 476. The maximum Gasteiger partial charge on any atom is 0.255 e. The van der Waals surface area contributed by atoms with Crippen LogP contribution in [0.25, 0.3) is 0 Å². The van der Waals surface area contributed by atoms with E-state index in [0.717, 1.165) is 0 Å². The molecule has 18 heavy (non-hydrogen) atoms. The van der Waals surface area contributed by atoms with Gasteiger partial charge in [-0.1, -0.05) is 0 Å². The zero-order chi connectivity index (χ0) is 13.3. The summed E-state index contributed by atoms with van der Waals surface area (Å²) in [6, 6.07) is 4.14. The molecule has 0 atom stereocenters. The number of morpholine rings is 1. The second kappa shape index (κ2) is 4.97. The van der Waals surface area contributed by atoms with Gasteiger partial charge in [0.05, 0.1) is 24.3 Å². The molecule has 98 valence electrons. The smallest absolute Gasteiger partial charge is 0.255 e. The molecule has 1 fully saturated rings. The summed E-state index contributed by atoms with van der Waals surface area (Å²) in [6.07, 6.45) is 0. The van der Waals surface area contributed by atoms with Gasteiger partial charge in [-0.15, -0.1) is 0 Å². The predicted molar refractivity (Wildman–Crippen MR) is 70.0 cm³/mol. The lowest BCUT2D eigenvalue weighted by Gasteiger charge is -2.42. The van der Waals surface area contributed by atoms with E-state index in [0.29, 0.717) is 29.8 Å². The van der Waals surface area contributed by atoms with Crippen molar-refractivity contribution in [3.8, 4) is 0 Å². The van der Waals surface area contributed by atoms with E-state index in [-0.39, 0.29) is 11.4 Å². The van der Waals surface area contributed by atoms with Crippen molar-refractivity contribution in [2.75, 3.05) is 19.8 Å². The summed E-state index contributed by atoms with van der Waals surface area (Å²) in [6.45, 7) is 5.41. The Balaban J connectivity index is 2.33. The highest BCUT2D eigenvalue weighted by Gasteiger charge is 2.35. The third-order valence-corrected chi connectivity index (χ3v) is 3.74. The molecule has 0 N–H and O–H groups in total. The van der Waals surface area contributed by atoms with Crippen molar-refractivity contribution in [2.24, 2.45) is 0 Å². The molecule has 0 saturated carbocycles. The first kappa shape index (κ1) is 13.5. The quantitative estimate of drug-likeness (QED) is 0.797. The molecule has 0 bridgehead atoms. The topological polar surface area (TPSA) is 29.5 Å². The van der Waals surface area contributed by atoms with E-state index in [1.807, 2.05) is 13.8 Å². The summed E-state index contributed by atoms with van der Waals surface area (Å²) in [5.41, 5.74) is -0.0221. The van der Waals surface area contributed by atoms with E-state index in [9.17, 15) is 9.18 Å². The minimum absolute atomic E-state index is 0.172. The van der Waals surface area contributed by atoms with Crippen LogP contribution in [0, 0.1) is 5.82 Å². The first-order valence-electron chi connectivity index (χ1n) is 5.76. The Labute approximate surface area is 114 Å². The molecular formula is C13H15BrFNO2. The van der Waals surface area contributed by atoms with Crippen molar-refractivity contribution in [1.29, 1.82) is 0 Å². The first-order valence-corrected chi connectivity index (χ1v) is 6.56. The fourth-order valence-electron chi connectivity index (χ4n) is 2.04. The summed E-state index contributed by atoms with van der Waals surface area (Å²) < 4.78 is 19.2. The van der Waals surface area contributed by atoms with Crippen LogP contribution in [-0.2, 0) is 4.74 Å². The fourth-order valence-corrected chi connectivity index (χ4v) is 2.46. The van der Waals surface area contributed by atoms with Crippen LogP contribution in [0.5, 0.6) is 0 Å². The molecule has 1 aliphatic rings. The molecule has 1 aromatic carbocycles.